The normalized spacial score (nSPS) is 12.0. The second-order valence-corrected chi connectivity index (χ2v) is 3.94. The van der Waals surface area contributed by atoms with Gasteiger partial charge in [0.05, 0.1) is 6.61 Å². The largest absolute Gasteiger partial charge is 0.464 e. The minimum absolute atomic E-state index is 0.262. The van der Waals surface area contributed by atoms with Crippen molar-refractivity contribution >= 4 is 23.3 Å². The van der Waals surface area contributed by atoms with Gasteiger partial charge in [-0.15, -0.1) is 0 Å². The van der Waals surface area contributed by atoms with Gasteiger partial charge in [0.1, 0.15) is 6.04 Å². The van der Waals surface area contributed by atoms with Crippen molar-refractivity contribution in [1.82, 2.24) is 0 Å². The third-order valence-corrected chi connectivity index (χ3v) is 2.69. The molecule has 0 saturated carbocycles. The molecule has 0 bridgehead atoms. The summed E-state index contributed by atoms with van der Waals surface area (Å²) in [5, 5.41) is 3.76. The second-order valence-electron chi connectivity index (χ2n) is 3.53. The third kappa shape index (κ3) is 3.14. The van der Waals surface area contributed by atoms with Gasteiger partial charge in [-0.3, -0.25) is 0 Å². The Labute approximate surface area is 101 Å². The van der Waals surface area contributed by atoms with Crippen molar-refractivity contribution < 1.29 is 9.53 Å². The molecule has 1 aromatic carbocycles. The third-order valence-electron chi connectivity index (χ3n) is 2.28. The van der Waals surface area contributed by atoms with Crippen LogP contribution in [0.2, 0.25) is 5.02 Å². The lowest BCUT2D eigenvalue weighted by atomic mass is 10.2. The predicted octanol–water partition coefficient (Wildman–Crippen LogP) is 3.01. The van der Waals surface area contributed by atoms with Crippen LogP contribution in [0, 0.1) is 6.92 Å². The lowest BCUT2D eigenvalue weighted by molar-refractivity contribution is -0.143. The van der Waals surface area contributed by atoms with Crippen LogP contribution in [0.25, 0.3) is 0 Å². The summed E-state index contributed by atoms with van der Waals surface area (Å²) < 4.78 is 4.91. The Kier molecular flexibility index (Phi) is 4.62. The molecular formula is C12H16ClNO2. The smallest absolute Gasteiger partial charge is 0.328 e. The van der Waals surface area contributed by atoms with E-state index >= 15 is 0 Å². The zero-order valence-electron chi connectivity index (χ0n) is 9.71. The van der Waals surface area contributed by atoms with Gasteiger partial charge in [0, 0.05) is 10.7 Å². The highest BCUT2D eigenvalue weighted by atomic mass is 35.5. The van der Waals surface area contributed by atoms with Gasteiger partial charge in [0.15, 0.2) is 0 Å². The molecule has 0 heterocycles. The minimum atomic E-state index is -0.378. The first kappa shape index (κ1) is 12.8. The van der Waals surface area contributed by atoms with Crippen LogP contribution in [0.4, 0.5) is 5.69 Å². The van der Waals surface area contributed by atoms with E-state index in [1.54, 1.807) is 13.8 Å². The van der Waals surface area contributed by atoms with Crippen LogP contribution in [0.3, 0.4) is 0 Å². The first-order valence-corrected chi connectivity index (χ1v) is 5.62. The number of anilines is 1. The maximum atomic E-state index is 11.4. The number of hydrogen-bond acceptors (Lipinski definition) is 3. The summed E-state index contributed by atoms with van der Waals surface area (Å²) in [5.74, 6) is -0.262. The van der Waals surface area contributed by atoms with Crippen molar-refractivity contribution in [3.05, 3.63) is 28.8 Å². The van der Waals surface area contributed by atoms with Crippen molar-refractivity contribution in [2.45, 2.75) is 26.8 Å². The van der Waals surface area contributed by atoms with Gasteiger partial charge < -0.3 is 10.1 Å². The minimum Gasteiger partial charge on any atom is -0.464 e. The summed E-state index contributed by atoms with van der Waals surface area (Å²) in [6.07, 6.45) is 0. The van der Waals surface area contributed by atoms with Gasteiger partial charge in [-0.1, -0.05) is 17.7 Å². The number of carbonyl (C=O) groups is 1. The molecule has 0 spiro atoms. The van der Waals surface area contributed by atoms with E-state index in [-0.39, 0.29) is 12.0 Å². The molecule has 1 aromatic rings. The van der Waals surface area contributed by atoms with Crippen LogP contribution in [-0.4, -0.2) is 18.6 Å². The molecule has 1 rings (SSSR count). The van der Waals surface area contributed by atoms with Crippen molar-refractivity contribution in [3.8, 4) is 0 Å². The second kappa shape index (κ2) is 5.75. The molecule has 0 aliphatic heterocycles. The molecule has 88 valence electrons. The van der Waals surface area contributed by atoms with E-state index in [1.165, 1.54) is 0 Å². The maximum Gasteiger partial charge on any atom is 0.328 e. The van der Waals surface area contributed by atoms with Gasteiger partial charge in [0.25, 0.3) is 0 Å². The molecule has 1 N–H and O–H groups in total. The van der Waals surface area contributed by atoms with Crippen LogP contribution in [0.5, 0.6) is 0 Å². The van der Waals surface area contributed by atoms with Gasteiger partial charge in [0.2, 0.25) is 0 Å². The number of carbonyl (C=O) groups excluding carboxylic acids is 1. The molecule has 0 aliphatic rings. The first-order valence-electron chi connectivity index (χ1n) is 5.24. The van der Waals surface area contributed by atoms with E-state index in [0.29, 0.717) is 11.6 Å². The Morgan fingerprint density at radius 3 is 2.88 bits per heavy atom. The fraction of sp³-hybridized carbons (Fsp3) is 0.417. The molecule has 1 atom stereocenters. The lowest BCUT2D eigenvalue weighted by Gasteiger charge is -2.16. The fourth-order valence-electron chi connectivity index (χ4n) is 1.32. The van der Waals surface area contributed by atoms with E-state index < -0.39 is 0 Å². The highest BCUT2D eigenvalue weighted by Crippen LogP contribution is 2.23. The van der Waals surface area contributed by atoms with Crippen molar-refractivity contribution in [1.29, 1.82) is 0 Å². The Bertz CT molecular complexity index is 379. The molecule has 4 heteroatoms. The maximum absolute atomic E-state index is 11.4. The molecule has 0 saturated heterocycles. The lowest BCUT2D eigenvalue weighted by Crippen LogP contribution is -2.28. The predicted molar refractivity (Wildman–Crippen MR) is 65.9 cm³/mol. The first-order chi connectivity index (χ1) is 7.56. The number of halogens is 1. The molecule has 0 aliphatic carbocycles. The molecular weight excluding hydrogens is 226 g/mol. The van der Waals surface area contributed by atoms with Crippen molar-refractivity contribution in [2.24, 2.45) is 0 Å². The van der Waals surface area contributed by atoms with Gasteiger partial charge in [-0.25, -0.2) is 4.79 Å². The van der Waals surface area contributed by atoms with Gasteiger partial charge in [-0.2, -0.15) is 0 Å². The standard InChI is InChI=1S/C12H16ClNO2/c1-4-16-12(15)9(3)14-11-7-5-6-10(13)8(11)2/h5-7,9,14H,4H2,1-3H3. The number of rotatable bonds is 4. The average molecular weight is 242 g/mol. The number of nitrogens with one attached hydrogen (secondary N) is 1. The van der Waals surface area contributed by atoms with E-state index in [0.717, 1.165) is 11.3 Å². The van der Waals surface area contributed by atoms with Crippen LogP contribution in [-0.2, 0) is 9.53 Å². The Morgan fingerprint density at radius 1 is 1.56 bits per heavy atom. The molecule has 0 aromatic heterocycles. The Morgan fingerprint density at radius 2 is 2.25 bits per heavy atom. The summed E-state index contributed by atoms with van der Waals surface area (Å²) in [6, 6.07) is 5.17. The highest BCUT2D eigenvalue weighted by molar-refractivity contribution is 6.31. The van der Waals surface area contributed by atoms with E-state index in [9.17, 15) is 4.79 Å². The highest BCUT2D eigenvalue weighted by Gasteiger charge is 2.14. The van der Waals surface area contributed by atoms with E-state index in [2.05, 4.69) is 5.32 Å². The van der Waals surface area contributed by atoms with Crippen LogP contribution < -0.4 is 5.32 Å². The van der Waals surface area contributed by atoms with Crippen LogP contribution in [0.1, 0.15) is 19.4 Å². The van der Waals surface area contributed by atoms with Gasteiger partial charge >= 0.3 is 5.97 Å². The molecule has 0 amide bonds. The molecule has 1 unspecified atom stereocenters. The molecule has 0 fully saturated rings. The fourth-order valence-corrected chi connectivity index (χ4v) is 1.50. The quantitative estimate of drug-likeness (QED) is 0.824. The number of esters is 1. The summed E-state index contributed by atoms with van der Waals surface area (Å²) >= 11 is 5.98. The van der Waals surface area contributed by atoms with Crippen LogP contribution >= 0.6 is 11.6 Å². The summed E-state index contributed by atoms with van der Waals surface area (Å²) in [7, 11) is 0. The number of ether oxygens (including phenoxy) is 1. The average Bonchev–Trinajstić information content (AvgIpc) is 2.25. The summed E-state index contributed by atoms with van der Waals surface area (Å²) in [4.78, 5) is 11.4. The zero-order valence-corrected chi connectivity index (χ0v) is 10.5. The molecule has 0 radical (unpaired) electrons. The van der Waals surface area contributed by atoms with Gasteiger partial charge in [-0.05, 0) is 38.5 Å². The van der Waals surface area contributed by atoms with E-state index in [1.807, 2.05) is 25.1 Å². The molecule has 3 nitrogen and oxygen atoms in total. The zero-order chi connectivity index (χ0) is 12.1. The van der Waals surface area contributed by atoms with E-state index in [4.69, 9.17) is 16.3 Å². The summed E-state index contributed by atoms with van der Waals surface area (Å²) in [5.41, 5.74) is 1.79. The van der Waals surface area contributed by atoms with Crippen molar-refractivity contribution in [3.63, 3.8) is 0 Å². The van der Waals surface area contributed by atoms with Crippen LogP contribution in [0.15, 0.2) is 18.2 Å². The molecule has 16 heavy (non-hydrogen) atoms. The Hall–Kier alpha value is -1.22. The topological polar surface area (TPSA) is 38.3 Å². The number of benzene rings is 1. The SMILES string of the molecule is CCOC(=O)C(C)Nc1cccc(Cl)c1C. The Balaban J connectivity index is 2.73. The number of hydrogen-bond donors (Lipinski definition) is 1. The van der Waals surface area contributed by atoms with Crippen molar-refractivity contribution in [2.75, 3.05) is 11.9 Å². The monoisotopic (exact) mass is 241 g/mol. The summed E-state index contributed by atoms with van der Waals surface area (Å²) in [6.45, 7) is 5.84.